The number of nitrogens with zero attached hydrogens (tertiary/aromatic N) is 2. The van der Waals surface area contributed by atoms with E-state index in [1.807, 2.05) is 0 Å². The topological polar surface area (TPSA) is 87.2 Å². The van der Waals surface area contributed by atoms with Gasteiger partial charge in [0.25, 0.3) is 0 Å². The summed E-state index contributed by atoms with van der Waals surface area (Å²) in [6, 6.07) is 0.309. The van der Waals surface area contributed by atoms with Gasteiger partial charge in [-0.1, -0.05) is 156 Å². The van der Waals surface area contributed by atoms with Crippen molar-refractivity contribution in [2.24, 2.45) is 0 Å². The smallest absolute Gasteiger partial charge is 0.306 e. The number of carbonyl (C=O) groups is 3. The summed E-state index contributed by atoms with van der Waals surface area (Å²) in [7, 11) is 4.22. The summed E-state index contributed by atoms with van der Waals surface area (Å²) in [6.07, 6.45) is 35.4. The molecule has 2 atom stereocenters. The SMILES string of the molecule is CCCCCCCCC(=O)N(CCCN(C)C)C(CCCCCCCCC(=O)O)CCCCCCCCC(=O)OC(CCCC)CCCCCCC. The monoisotopic (exact) mass is 737 g/mol. The van der Waals surface area contributed by atoms with E-state index in [-0.39, 0.29) is 18.5 Å². The second-order valence-electron chi connectivity index (χ2n) is 16.1. The number of hydrogen-bond acceptors (Lipinski definition) is 5. The van der Waals surface area contributed by atoms with Gasteiger partial charge in [0.15, 0.2) is 0 Å². The Morgan fingerprint density at radius 1 is 0.481 bits per heavy atom. The summed E-state index contributed by atoms with van der Waals surface area (Å²) in [4.78, 5) is 41.7. The van der Waals surface area contributed by atoms with Gasteiger partial charge in [0.1, 0.15) is 6.10 Å². The number of carboxylic acid groups (broad SMARTS) is 1. The fourth-order valence-corrected chi connectivity index (χ4v) is 7.36. The van der Waals surface area contributed by atoms with Crippen molar-refractivity contribution in [3.05, 3.63) is 0 Å². The second-order valence-corrected chi connectivity index (χ2v) is 16.1. The first-order valence-electron chi connectivity index (χ1n) is 22.6. The molecule has 52 heavy (non-hydrogen) atoms. The molecule has 308 valence electrons. The van der Waals surface area contributed by atoms with Crippen molar-refractivity contribution in [2.75, 3.05) is 27.2 Å². The highest BCUT2D eigenvalue weighted by Gasteiger charge is 2.23. The molecule has 7 nitrogen and oxygen atoms in total. The van der Waals surface area contributed by atoms with Crippen molar-refractivity contribution in [1.82, 2.24) is 9.80 Å². The molecule has 0 aliphatic heterocycles. The molecule has 0 aromatic carbocycles. The Bertz CT molecular complexity index is 820. The van der Waals surface area contributed by atoms with E-state index in [1.165, 1.54) is 70.6 Å². The predicted octanol–water partition coefficient (Wildman–Crippen LogP) is 12.7. The van der Waals surface area contributed by atoms with E-state index in [0.717, 1.165) is 135 Å². The van der Waals surface area contributed by atoms with E-state index in [4.69, 9.17) is 9.84 Å². The van der Waals surface area contributed by atoms with Gasteiger partial charge in [-0.3, -0.25) is 14.4 Å². The molecule has 0 saturated carbocycles. The van der Waals surface area contributed by atoms with Crippen LogP contribution in [-0.2, 0) is 19.1 Å². The van der Waals surface area contributed by atoms with Gasteiger partial charge in [0.05, 0.1) is 0 Å². The number of unbranched alkanes of at least 4 members (excludes halogenated alkanes) is 20. The number of amides is 1. The highest BCUT2D eigenvalue weighted by Crippen LogP contribution is 2.22. The van der Waals surface area contributed by atoms with Crippen LogP contribution in [0.5, 0.6) is 0 Å². The molecule has 0 aliphatic carbocycles. The Balaban J connectivity index is 4.87. The molecule has 7 heteroatoms. The lowest BCUT2D eigenvalue weighted by molar-refractivity contribution is -0.150. The molecular weight excluding hydrogens is 649 g/mol. The van der Waals surface area contributed by atoms with Gasteiger partial charge in [-0.2, -0.15) is 0 Å². The van der Waals surface area contributed by atoms with Crippen molar-refractivity contribution < 1.29 is 24.2 Å². The standard InChI is InChI=1S/C45H88N2O5/c1-6-9-12-14-22-28-36-43(48)47(40-31-39-46(4)5)41(32-25-20-15-17-23-29-37-44(49)50)33-26-21-16-18-24-30-38-45(51)52-42(34-11-8-3)35-27-19-13-10-7-2/h41-42H,6-40H2,1-5H3,(H,49,50). The van der Waals surface area contributed by atoms with E-state index < -0.39 is 5.97 Å². The average Bonchev–Trinajstić information content (AvgIpc) is 3.11. The maximum atomic E-state index is 13.7. The molecule has 0 spiro atoms. The van der Waals surface area contributed by atoms with Crippen LogP contribution >= 0.6 is 0 Å². The van der Waals surface area contributed by atoms with E-state index in [1.54, 1.807) is 0 Å². The lowest BCUT2D eigenvalue weighted by Crippen LogP contribution is -2.41. The molecule has 0 bridgehead atoms. The zero-order valence-electron chi connectivity index (χ0n) is 35.4. The Kier molecular flexibility index (Phi) is 36.5. The maximum absolute atomic E-state index is 13.7. The zero-order chi connectivity index (χ0) is 38.5. The van der Waals surface area contributed by atoms with Gasteiger partial charge < -0.3 is 19.6 Å². The van der Waals surface area contributed by atoms with Crippen LogP contribution in [0.1, 0.15) is 233 Å². The third-order valence-electron chi connectivity index (χ3n) is 10.7. The molecular formula is C45H88N2O5. The molecule has 0 saturated heterocycles. The number of hydrogen-bond donors (Lipinski definition) is 1. The summed E-state index contributed by atoms with van der Waals surface area (Å²) < 4.78 is 5.94. The lowest BCUT2D eigenvalue weighted by Gasteiger charge is -2.33. The first-order chi connectivity index (χ1) is 25.2. The van der Waals surface area contributed by atoms with Gasteiger partial charge >= 0.3 is 11.9 Å². The van der Waals surface area contributed by atoms with Crippen molar-refractivity contribution in [3.63, 3.8) is 0 Å². The summed E-state index contributed by atoms with van der Waals surface area (Å²) in [5, 5.41) is 8.90. The summed E-state index contributed by atoms with van der Waals surface area (Å²) in [6.45, 7) is 8.54. The third kappa shape index (κ3) is 33.0. The Morgan fingerprint density at radius 2 is 0.904 bits per heavy atom. The highest BCUT2D eigenvalue weighted by atomic mass is 16.5. The number of esters is 1. The van der Waals surface area contributed by atoms with Crippen LogP contribution in [-0.4, -0.2) is 72.1 Å². The van der Waals surface area contributed by atoms with E-state index in [2.05, 4.69) is 44.7 Å². The number of ether oxygens (including phenoxy) is 1. The summed E-state index contributed by atoms with van der Waals surface area (Å²) in [5.74, 6) is -0.344. The van der Waals surface area contributed by atoms with Gasteiger partial charge in [0.2, 0.25) is 5.91 Å². The van der Waals surface area contributed by atoms with E-state index in [9.17, 15) is 14.4 Å². The minimum absolute atomic E-state index is 0.00208. The fourth-order valence-electron chi connectivity index (χ4n) is 7.36. The number of aliphatic carboxylic acids is 1. The lowest BCUT2D eigenvalue weighted by atomic mass is 9.97. The molecule has 0 rings (SSSR count). The first-order valence-corrected chi connectivity index (χ1v) is 22.6. The third-order valence-corrected chi connectivity index (χ3v) is 10.7. The van der Waals surface area contributed by atoms with Gasteiger partial charge in [-0.25, -0.2) is 0 Å². The molecule has 0 aromatic rings. The van der Waals surface area contributed by atoms with Crippen molar-refractivity contribution in [3.8, 4) is 0 Å². The van der Waals surface area contributed by atoms with Gasteiger partial charge in [-0.15, -0.1) is 0 Å². The normalized spacial score (nSPS) is 12.7. The summed E-state index contributed by atoms with van der Waals surface area (Å²) >= 11 is 0. The quantitative estimate of drug-likeness (QED) is 0.0498. The van der Waals surface area contributed by atoms with Crippen LogP contribution in [0.2, 0.25) is 0 Å². The second kappa shape index (κ2) is 37.7. The van der Waals surface area contributed by atoms with Crippen LogP contribution < -0.4 is 0 Å². The summed E-state index contributed by atoms with van der Waals surface area (Å²) in [5.41, 5.74) is 0. The first kappa shape index (κ1) is 50.4. The van der Waals surface area contributed by atoms with Crippen LogP contribution in [0.4, 0.5) is 0 Å². The molecule has 0 heterocycles. The van der Waals surface area contributed by atoms with Gasteiger partial charge in [-0.05, 0) is 78.4 Å². The van der Waals surface area contributed by atoms with Crippen LogP contribution in [0.25, 0.3) is 0 Å². The maximum Gasteiger partial charge on any atom is 0.306 e. The van der Waals surface area contributed by atoms with E-state index in [0.29, 0.717) is 24.8 Å². The molecule has 2 unspecified atom stereocenters. The highest BCUT2D eigenvalue weighted by molar-refractivity contribution is 5.76. The van der Waals surface area contributed by atoms with Crippen molar-refractivity contribution in [2.45, 2.75) is 245 Å². The number of carbonyl (C=O) groups excluding carboxylic acids is 2. The van der Waals surface area contributed by atoms with Crippen LogP contribution in [0.3, 0.4) is 0 Å². The van der Waals surface area contributed by atoms with E-state index >= 15 is 0 Å². The number of carboxylic acids is 1. The number of rotatable bonds is 40. The molecule has 0 fully saturated rings. The van der Waals surface area contributed by atoms with Crippen molar-refractivity contribution >= 4 is 17.8 Å². The van der Waals surface area contributed by atoms with Gasteiger partial charge in [0, 0.05) is 31.8 Å². The molecule has 0 aromatic heterocycles. The average molecular weight is 737 g/mol. The van der Waals surface area contributed by atoms with Crippen LogP contribution in [0.15, 0.2) is 0 Å². The zero-order valence-corrected chi connectivity index (χ0v) is 35.4. The predicted molar refractivity (Wildman–Crippen MR) is 221 cm³/mol. The minimum Gasteiger partial charge on any atom is -0.481 e. The van der Waals surface area contributed by atoms with Crippen LogP contribution in [0, 0.1) is 0 Å². The Hall–Kier alpha value is -1.63. The molecule has 1 N–H and O–H groups in total. The molecule has 1 amide bonds. The molecule has 0 aliphatic rings. The minimum atomic E-state index is -0.697. The largest absolute Gasteiger partial charge is 0.481 e. The Labute approximate surface area is 323 Å². The fraction of sp³-hybridized carbons (Fsp3) is 0.933. The Morgan fingerprint density at radius 3 is 1.40 bits per heavy atom. The van der Waals surface area contributed by atoms with Crippen molar-refractivity contribution in [1.29, 1.82) is 0 Å². The molecule has 0 radical (unpaired) electrons.